The van der Waals surface area contributed by atoms with E-state index in [0.29, 0.717) is 19.0 Å². The van der Waals surface area contributed by atoms with E-state index >= 15 is 0 Å². The van der Waals surface area contributed by atoms with Crippen LogP contribution in [0.2, 0.25) is 0 Å². The summed E-state index contributed by atoms with van der Waals surface area (Å²) in [4.78, 5) is 0. The second-order valence-electron chi connectivity index (χ2n) is 4.39. The third-order valence-corrected chi connectivity index (χ3v) is 5.09. The number of rotatable bonds is 7. The molecule has 0 saturated heterocycles. The van der Waals surface area contributed by atoms with Crippen LogP contribution in [0.15, 0.2) is 0 Å². The summed E-state index contributed by atoms with van der Waals surface area (Å²) in [5.41, 5.74) is 5.43. The number of nitrogens with zero attached hydrogens (tertiary/aromatic N) is 1. The van der Waals surface area contributed by atoms with Gasteiger partial charge >= 0.3 is 0 Å². The quantitative estimate of drug-likeness (QED) is 0.708. The van der Waals surface area contributed by atoms with Gasteiger partial charge in [0.25, 0.3) is 0 Å². The van der Waals surface area contributed by atoms with E-state index in [1.54, 1.807) is 11.2 Å². The molecule has 0 heterocycles. The molecule has 0 radical (unpaired) electrons. The first-order valence-corrected chi connectivity index (χ1v) is 7.21. The average Bonchev–Trinajstić information content (AvgIpc) is 2.99. The van der Waals surface area contributed by atoms with Crippen molar-refractivity contribution in [2.45, 2.75) is 38.4 Å². The molecule has 15 heavy (non-hydrogen) atoms. The van der Waals surface area contributed by atoms with Crippen molar-refractivity contribution in [1.29, 1.82) is 0 Å². The van der Waals surface area contributed by atoms with Crippen molar-refractivity contribution in [3.05, 3.63) is 0 Å². The van der Waals surface area contributed by atoms with Gasteiger partial charge in [0.15, 0.2) is 0 Å². The molecular formula is C10H22N2O2S. The molecule has 1 unspecified atom stereocenters. The van der Waals surface area contributed by atoms with Crippen LogP contribution in [-0.2, 0) is 10.0 Å². The van der Waals surface area contributed by atoms with E-state index in [-0.39, 0.29) is 6.54 Å². The fourth-order valence-electron chi connectivity index (χ4n) is 1.54. The molecule has 5 heteroatoms. The summed E-state index contributed by atoms with van der Waals surface area (Å²) in [6.45, 7) is 5.21. The number of sulfonamides is 1. The van der Waals surface area contributed by atoms with Crippen LogP contribution in [0, 0.1) is 5.92 Å². The highest BCUT2D eigenvalue weighted by Gasteiger charge is 2.32. The molecule has 1 rings (SSSR count). The molecular weight excluding hydrogens is 212 g/mol. The fraction of sp³-hybridized carbons (Fsp3) is 1.00. The highest BCUT2D eigenvalue weighted by Crippen LogP contribution is 2.31. The second-order valence-corrected chi connectivity index (χ2v) is 6.74. The Morgan fingerprint density at radius 2 is 2.07 bits per heavy atom. The Labute approximate surface area is 92.9 Å². The van der Waals surface area contributed by atoms with Gasteiger partial charge in [-0.15, -0.1) is 0 Å². The van der Waals surface area contributed by atoms with Crippen molar-refractivity contribution < 1.29 is 8.42 Å². The SMILES string of the molecule is CCCN(CC1CC1)S(=O)(=O)C(C)CN. The summed E-state index contributed by atoms with van der Waals surface area (Å²) >= 11 is 0. The molecule has 1 saturated carbocycles. The van der Waals surface area contributed by atoms with Crippen LogP contribution in [-0.4, -0.2) is 37.6 Å². The van der Waals surface area contributed by atoms with E-state index in [2.05, 4.69) is 0 Å². The summed E-state index contributed by atoms with van der Waals surface area (Å²) in [7, 11) is -3.16. The van der Waals surface area contributed by atoms with Crippen LogP contribution in [0.5, 0.6) is 0 Å². The monoisotopic (exact) mass is 234 g/mol. The van der Waals surface area contributed by atoms with E-state index in [9.17, 15) is 8.42 Å². The minimum absolute atomic E-state index is 0.202. The van der Waals surface area contributed by atoms with Crippen LogP contribution < -0.4 is 5.73 Å². The molecule has 1 aliphatic carbocycles. The smallest absolute Gasteiger partial charge is 0.217 e. The molecule has 0 bridgehead atoms. The Balaban J connectivity index is 2.67. The predicted molar refractivity (Wildman–Crippen MR) is 62.0 cm³/mol. The Bertz CT molecular complexity index is 286. The molecule has 0 aliphatic heterocycles. The summed E-state index contributed by atoms with van der Waals surface area (Å²) in [6.07, 6.45) is 3.21. The van der Waals surface area contributed by atoms with Gasteiger partial charge in [0.2, 0.25) is 10.0 Å². The average molecular weight is 234 g/mol. The summed E-state index contributed by atoms with van der Waals surface area (Å²) in [5, 5.41) is -0.456. The molecule has 0 amide bonds. The maximum atomic E-state index is 12.1. The zero-order valence-electron chi connectivity index (χ0n) is 9.65. The van der Waals surface area contributed by atoms with Crippen molar-refractivity contribution >= 4 is 10.0 Å². The normalized spacial score (nSPS) is 19.5. The minimum Gasteiger partial charge on any atom is -0.329 e. The number of nitrogens with two attached hydrogens (primary N) is 1. The lowest BCUT2D eigenvalue weighted by Crippen LogP contribution is -2.42. The van der Waals surface area contributed by atoms with Crippen molar-refractivity contribution in [3.63, 3.8) is 0 Å². The minimum atomic E-state index is -3.16. The molecule has 0 aromatic carbocycles. The van der Waals surface area contributed by atoms with Gasteiger partial charge in [-0.05, 0) is 32.1 Å². The van der Waals surface area contributed by atoms with Crippen molar-refractivity contribution in [1.82, 2.24) is 4.31 Å². The van der Waals surface area contributed by atoms with Crippen LogP contribution in [0.3, 0.4) is 0 Å². The lowest BCUT2D eigenvalue weighted by atomic mass is 10.4. The third kappa shape index (κ3) is 3.43. The molecule has 1 atom stereocenters. The molecule has 1 fully saturated rings. The third-order valence-electron chi connectivity index (χ3n) is 2.83. The van der Waals surface area contributed by atoms with E-state index in [0.717, 1.165) is 6.42 Å². The zero-order valence-corrected chi connectivity index (χ0v) is 10.5. The molecule has 90 valence electrons. The summed E-state index contributed by atoms with van der Waals surface area (Å²) in [6, 6.07) is 0. The lowest BCUT2D eigenvalue weighted by molar-refractivity contribution is 0.390. The maximum absolute atomic E-state index is 12.1. The second kappa shape index (κ2) is 5.27. The first-order valence-electron chi connectivity index (χ1n) is 5.71. The van der Waals surface area contributed by atoms with Crippen molar-refractivity contribution in [3.8, 4) is 0 Å². The van der Waals surface area contributed by atoms with E-state index in [1.807, 2.05) is 6.92 Å². The highest BCUT2D eigenvalue weighted by molar-refractivity contribution is 7.89. The maximum Gasteiger partial charge on any atom is 0.217 e. The Hall–Kier alpha value is -0.130. The van der Waals surface area contributed by atoms with Gasteiger partial charge in [0.05, 0.1) is 5.25 Å². The van der Waals surface area contributed by atoms with E-state index < -0.39 is 15.3 Å². The first kappa shape index (κ1) is 12.9. The fourth-order valence-corrected chi connectivity index (χ4v) is 3.14. The summed E-state index contributed by atoms with van der Waals surface area (Å²) in [5.74, 6) is 0.594. The number of hydrogen-bond donors (Lipinski definition) is 1. The van der Waals surface area contributed by atoms with Crippen LogP contribution in [0.1, 0.15) is 33.1 Å². The van der Waals surface area contributed by atoms with Gasteiger partial charge < -0.3 is 5.73 Å². The Kier molecular flexibility index (Phi) is 4.55. The van der Waals surface area contributed by atoms with Crippen LogP contribution in [0.4, 0.5) is 0 Å². The molecule has 0 spiro atoms. The first-order chi connectivity index (χ1) is 7.02. The zero-order chi connectivity index (χ0) is 11.5. The van der Waals surface area contributed by atoms with Crippen LogP contribution >= 0.6 is 0 Å². The lowest BCUT2D eigenvalue weighted by Gasteiger charge is -2.24. The molecule has 0 aromatic rings. The Morgan fingerprint density at radius 1 is 1.47 bits per heavy atom. The van der Waals surface area contributed by atoms with E-state index in [1.165, 1.54) is 12.8 Å². The molecule has 4 nitrogen and oxygen atoms in total. The van der Waals surface area contributed by atoms with Gasteiger partial charge in [-0.1, -0.05) is 6.92 Å². The van der Waals surface area contributed by atoms with Gasteiger partial charge in [-0.3, -0.25) is 0 Å². The van der Waals surface area contributed by atoms with Gasteiger partial charge in [0, 0.05) is 19.6 Å². The van der Waals surface area contributed by atoms with Gasteiger partial charge in [-0.2, -0.15) is 0 Å². The standard InChI is InChI=1S/C10H22N2O2S/c1-3-6-12(8-10-4-5-10)15(13,14)9(2)7-11/h9-10H,3-8,11H2,1-2H3. The number of hydrogen-bond acceptors (Lipinski definition) is 3. The highest BCUT2D eigenvalue weighted by atomic mass is 32.2. The van der Waals surface area contributed by atoms with Crippen LogP contribution in [0.25, 0.3) is 0 Å². The van der Waals surface area contributed by atoms with Gasteiger partial charge in [0.1, 0.15) is 0 Å². The van der Waals surface area contributed by atoms with Crippen molar-refractivity contribution in [2.75, 3.05) is 19.6 Å². The Morgan fingerprint density at radius 3 is 2.47 bits per heavy atom. The van der Waals surface area contributed by atoms with Gasteiger partial charge in [-0.25, -0.2) is 12.7 Å². The van der Waals surface area contributed by atoms with E-state index in [4.69, 9.17) is 5.73 Å². The largest absolute Gasteiger partial charge is 0.329 e. The topological polar surface area (TPSA) is 63.4 Å². The molecule has 0 aromatic heterocycles. The molecule has 1 aliphatic rings. The summed E-state index contributed by atoms with van der Waals surface area (Å²) < 4.78 is 25.7. The van der Waals surface area contributed by atoms with Crippen molar-refractivity contribution in [2.24, 2.45) is 11.7 Å². The predicted octanol–water partition coefficient (Wildman–Crippen LogP) is 0.785. The molecule has 2 N–H and O–H groups in total.